The van der Waals surface area contributed by atoms with Crippen molar-refractivity contribution in [1.29, 1.82) is 0 Å². The molecule has 0 aliphatic rings. The van der Waals surface area contributed by atoms with Crippen molar-refractivity contribution >= 4 is 34.2 Å². The van der Waals surface area contributed by atoms with Crippen molar-refractivity contribution in [3.8, 4) is 0 Å². The van der Waals surface area contributed by atoms with Crippen molar-refractivity contribution < 1.29 is 14.6 Å². The summed E-state index contributed by atoms with van der Waals surface area (Å²) in [6.45, 7) is 4.00. The van der Waals surface area contributed by atoms with E-state index < -0.39 is 5.97 Å². The number of halogens is 1. The second-order valence-corrected chi connectivity index (χ2v) is 5.79. The van der Waals surface area contributed by atoms with Crippen LogP contribution < -0.4 is 5.32 Å². The van der Waals surface area contributed by atoms with Gasteiger partial charge in [0.1, 0.15) is 10.7 Å². The Balaban J connectivity index is 2.53. The van der Waals surface area contributed by atoms with Crippen molar-refractivity contribution in [2.45, 2.75) is 39.2 Å². The zero-order valence-electron chi connectivity index (χ0n) is 13.9. The lowest BCUT2D eigenvalue weighted by Gasteiger charge is -2.21. The molecular weight excluding hydrogens is 330 g/mol. The van der Waals surface area contributed by atoms with Crippen LogP contribution in [-0.4, -0.2) is 40.3 Å². The highest BCUT2D eigenvalue weighted by Gasteiger charge is 2.23. The van der Waals surface area contributed by atoms with E-state index in [1.807, 2.05) is 0 Å². The highest BCUT2D eigenvalue weighted by Crippen LogP contribution is 2.32. The molecule has 24 heavy (non-hydrogen) atoms. The molecule has 0 aliphatic carbocycles. The van der Waals surface area contributed by atoms with E-state index in [1.165, 1.54) is 0 Å². The van der Waals surface area contributed by atoms with Crippen molar-refractivity contribution in [2.75, 3.05) is 18.5 Å². The first-order valence-electron chi connectivity index (χ1n) is 8.10. The first-order chi connectivity index (χ1) is 11.6. The largest absolute Gasteiger partial charge is 0.462 e. The van der Waals surface area contributed by atoms with Gasteiger partial charge in [-0.2, -0.15) is 0 Å². The van der Waals surface area contributed by atoms with Gasteiger partial charge in [0.25, 0.3) is 0 Å². The number of rotatable bonds is 8. The van der Waals surface area contributed by atoms with Gasteiger partial charge in [-0.25, -0.2) is 9.78 Å². The van der Waals surface area contributed by atoms with Gasteiger partial charge < -0.3 is 15.2 Å². The van der Waals surface area contributed by atoms with E-state index in [9.17, 15) is 9.90 Å². The molecule has 0 spiro atoms. The number of aliphatic hydroxyl groups excluding tert-OH is 1. The number of fused-ring (bicyclic) bond motifs is 1. The van der Waals surface area contributed by atoms with E-state index in [1.54, 1.807) is 25.4 Å². The summed E-state index contributed by atoms with van der Waals surface area (Å²) in [5.74, 6) is -0.546. The van der Waals surface area contributed by atoms with Crippen LogP contribution in [0.15, 0.2) is 18.5 Å². The Morgan fingerprint density at radius 2 is 2.25 bits per heavy atom. The normalized spacial score (nSPS) is 12.2. The van der Waals surface area contributed by atoms with Crippen LogP contribution in [0.4, 0.5) is 5.69 Å². The molecular formula is C17H22ClN3O3. The molecule has 2 N–H and O–H groups in total. The summed E-state index contributed by atoms with van der Waals surface area (Å²) in [5, 5.41) is 13.6. The summed E-state index contributed by atoms with van der Waals surface area (Å²) in [7, 11) is 0. The molecule has 0 radical (unpaired) electrons. The lowest BCUT2D eigenvalue weighted by atomic mass is 10.1. The van der Waals surface area contributed by atoms with Crippen molar-refractivity contribution in [2.24, 2.45) is 0 Å². The van der Waals surface area contributed by atoms with Gasteiger partial charge in [-0.15, -0.1) is 0 Å². The molecule has 0 saturated carbocycles. The molecule has 0 fully saturated rings. The van der Waals surface area contributed by atoms with Crippen LogP contribution in [0.3, 0.4) is 0 Å². The minimum Gasteiger partial charge on any atom is -0.462 e. The summed E-state index contributed by atoms with van der Waals surface area (Å²) in [4.78, 5) is 20.7. The number of esters is 1. The number of carbonyl (C=O) groups excluding carboxylic acids is 1. The van der Waals surface area contributed by atoms with Crippen LogP contribution in [-0.2, 0) is 4.74 Å². The van der Waals surface area contributed by atoms with Crippen LogP contribution in [0.2, 0.25) is 5.15 Å². The molecule has 0 aliphatic heterocycles. The fourth-order valence-electron chi connectivity index (χ4n) is 2.48. The third kappa shape index (κ3) is 4.13. The third-order valence-electron chi connectivity index (χ3n) is 3.70. The molecule has 1 atom stereocenters. The number of nitrogens with one attached hydrogen (secondary N) is 1. The van der Waals surface area contributed by atoms with E-state index in [4.69, 9.17) is 16.3 Å². The minimum absolute atomic E-state index is 0.0516. The monoisotopic (exact) mass is 351 g/mol. The van der Waals surface area contributed by atoms with Crippen LogP contribution in [0.1, 0.15) is 43.5 Å². The Kier molecular flexibility index (Phi) is 6.75. The average Bonchev–Trinajstić information content (AvgIpc) is 2.58. The van der Waals surface area contributed by atoms with Gasteiger partial charge in [0, 0.05) is 23.8 Å². The molecule has 2 rings (SSSR count). The van der Waals surface area contributed by atoms with Crippen LogP contribution >= 0.6 is 11.6 Å². The maximum atomic E-state index is 12.3. The van der Waals surface area contributed by atoms with Crippen LogP contribution in [0.5, 0.6) is 0 Å². The first kappa shape index (κ1) is 18.4. The first-order valence-corrected chi connectivity index (χ1v) is 8.47. The Morgan fingerprint density at radius 3 is 2.92 bits per heavy atom. The summed E-state index contributed by atoms with van der Waals surface area (Å²) < 4.78 is 5.11. The Labute approximate surface area is 146 Å². The second-order valence-electron chi connectivity index (χ2n) is 5.43. The third-order valence-corrected chi connectivity index (χ3v) is 3.97. The molecule has 0 aromatic carbocycles. The van der Waals surface area contributed by atoms with Crippen molar-refractivity contribution in [1.82, 2.24) is 9.97 Å². The van der Waals surface area contributed by atoms with Gasteiger partial charge in [0.15, 0.2) is 0 Å². The fourth-order valence-corrected chi connectivity index (χ4v) is 2.74. The fraction of sp³-hybridized carbons (Fsp3) is 0.471. The molecule has 130 valence electrons. The predicted molar refractivity (Wildman–Crippen MR) is 94.5 cm³/mol. The number of hydrogen-bond donors (Lipinski definition) is 2. The number of aliphatic hydroxyl groups is 1. The molecule has 7 heteroatoms. The zero-order chi connectivity index (χ0) is 17.5. The minimum atomic E-state index is -0.546. The Hall–Kier alpha value is -1.92. The maximum absolute atomic E-state index is 12.3. The molecule has 1 unspecified atom stereocenters. The Morgan fingerprint density at radius 1 is 1.46 bits per heavy atom. The van der Waals surface area contributed by atoms with Gasteiger partial charge in [-0.05, 0) is 19.4 Å². The zero-order valence-corrected chi connectivity index (χ0v) is 14.6. The Bertz CT molecular complexity index is 709. The molecule has 2 heterocycles. The lowest BCUT2D eigenvalue weighted by molar-refractivity contribution is 0.0527. The molecule has 0 bridgehead atoms. The number of aromatic nitrogens is 2. The highest BCUT2D eigenvalue weighted by molar-refractivity contribution is 6.34. The average molecular weight is 352 g/mol. The summed E-state index contributed by atoms with van der Waals surface area (Å²) >= 11 is 6.24. The molecule has 2 aromatic heterocycles. The smallest absolute Gasteiger partial charge is 0.343 e. The standard InChI is InChI=1S/C17H22ClN3O3/c1-3-5-6-11(10-22)20-15-12-9-19-8-7-13(12)21-16(18)14(15)17(23)24-4-2/h7-9,11,22H,3-6,10H2,1-2H3,(H,20,21). The van der Waals surface area contributed by atoms with E-state index >= 15 is 0 Å². The van der Waals surface area contributed by atoms with Crippen molar-refractivity contribution in [3.63, 3.8) is 0 Å². The van der Waals surface area contributed by atoms with E-state index in [-0.39, 0.29) is 30.0 Å². The lowest BCUT2D eigenvalue weighted by Crippen LogP contribution is -2.25. The number of unbranched alkanes of at least 4 members (excludes halogenated alkanes) is 1. The van der Waals surface area contributed by atoms with Gasteiger partial charge in [0.05, 0.1) is 24.4 Å². The van der Waals surface area contributed by atoms with Gasteiger partial charge in [-0.3, -0.25) is 4.98 Å². The van der Waals surface area contributed by atoms with Gasteiger partial charge >= 0.3 is 5.97 Å². The van der Waals surface area contributed by atoms with E-state index in [2.05, 4.69) is 22.2 Å². The van der Waals surface area contributed by atoms with E-state index in [0.717, 1.165) is 19.3 Å². The summed E-state index contributed by atoms with van der Waals surface area (Å²) in [6, 6.07) is 1.53. The van der Waals surface area contributed by atoms with Gasteiger partial charge in [0.2, 0.25) is 0 Å². The molecule has 0 amide bonds. The topological polar surface area (TPSA) is 84.3 Å². The number of carbonyl (C=O) groups is 1. The quantitative estimate of drug-likeness (QED) is 0.560. The van der Waals surface area contributed by atoms with Crippen molar-refractivity contribution in [3.05, 3.63) is 29.2 Å². The predicted octanol–water partition coefficient (Wildman–Crippen LogP) is 3.42. The summed E-state index contributed by atoms with van der Waals surface area (Å²) in [5.41, 5.74) is 1.30. The van der Waals surface area contributed by atoms with Crippen LogP contribution in [0, 0.1) is 0 Å². The number of anilines is 1. The number of pyridine rings is 2. The van der Waals surface area contributed by atoms with Gasteiger partial charge in [-0.1, -0.05) is 31.4 Å². The van der Waals surface area contributed by atoms with E-state index in [0.29, 0.717) is 16.6 Å². The van der Waals surface area contributed by atoms with Crippen LogP contribution in [0.25, 0.3) is 10.9 Å². The number of nitrogens with zero attached hydrogens (tertiary/aromatic N) is 2. The highest BCUT2D eigenvalue weighted by atomic mass is 35.5. The SMILES string of the molecule is CCCCC(CO)Nc1c(C(=O)OCC)c(Cl)nc2ccncc12. The number of ether oxygens (including phenoxy) is 1. The maximum Gasteiger partial charge on any atom is 0.343 e. The number of hydrogen-bond acceptors (Lipinski definition) is 6. The second kappa shape index (κ2) is 8.80. The molecule has 0 saturated heterocycles. The summed E-state index contributed by atoms with van der Waals surface area (Å²) in [6.07, 6.45) is 5.99. The molecule has 6 nitrogen and oxygen atoms in total. The molecule has 2 aromatic rings.